The fourth-order valence-electron chi connectivity index (χ4n) is 1.28. The first kappa shape index (κ1) is 15.0. The van der Waals surface area contributed by atoms with E-state index in [-0.39, 0.29) is 28.7 Å². The van der Waals surface area contributed by atoms with Crippen LogP contribution in [0.5, 0.6) is 0 Å². The fourth-order valence-corrected chi connectivity index (χ4v) is 1.44. The average Bonchev–Trinajstić information content (AvgIpc) is 2.37. The molecular formula is C13H13ClN2O3. The number of carboxylic acid groups (broad SMARTS) is 1. The second-order valence-corrected chi connectivity index (χ2v) is 3.99. The van der Waals surface area contributed by atoms with E-state index in [4.69, 9.17) is 16.7 Å². The molecule has 0 bridgehead atoms. The minimum absolute atomic E-state index is 0.0597. The lowest BCUT2D eigenvalue weighted by atomic mass is 10.2. The number of carboxylic acids is 1. The van der Waals surface area contributed by atoms with Crippen LogP contribution in [0.3, 0.4) is 0 Å². The lowest BCUT2D eigenvalue weighted by molar-refractivity contribution is -0.115. The summed E-state index contributed by atoms with van der Waals surface area (Å²) in [4.78, 5) is 22.4. The lowest BCUT2D eigenvalue weighted by Gasteiger charge is -2.08. The molecule has 0 aliphatic rings. The van der Waals surface area contributed by atoms with E-state index in [1.165, 1.54) is 18.2 Å². The molecule has 1 rings (SSSR count). The number of carbonyl (C=O) groups is 2. The number of nitrogens with one attached hydrogen (secondary N) is 2. The third-order valence-corrected chi connectivity index (χ3v) is 2.49. The Bertz CT molecular complexity index is 547. The van der Waals surface area contributed by atoms with E-state index in [0.29, 0.717) is 6.54 Å². The van der Waals surface area contributed by atoms with Crippen LogP contribution < -0.4 is 10.6 Å². The largest absolute Gasteiger partial charge is 0.478 e. The number of benzene rings is 1. The minimum atomic E-state index is -1.08. The van der Waals surface area contributed by atoms with Gasteiger partial charge in [0.05, 0.1) is 29.4 Å². The molecule has 0 saturated carbocycles. The molecule has 19 heavy (non-hydrogen) atoms. The third kappa shape index (κ3) is 5.00. The maximum atomic E-state index is 11.6. The smallest absolute Gasteiger partial charge is 0.335 e. The van der Waals surface area contributed by atoms with E-state index in [1.807, 2.05) is 0 Å². The highest BCUT2D eigenvalue weighted by atomic mass is 35.5. The van der Waals surface area contributed by atoms with Gasteiger partial charge in [0, 0.05) is 0 Å². The van der Waals surface area contributed by atoms with E-state index < -0.39 is 5.97 Å². The number of amides is 1. The van der Waals surface area contributed by atoms with Gasteiger partial charge in [-0.25, -0.2) is 4.79 Å². The Labute approximate surface area is 116 Å². The molecule has 6 heteroatoms. The Balaban J connectivity index is 2.64. The topological polar surface area (TPSA) is 78.4 Å². The summed E-state index contributed by atoms with van der Waals surface area (Å²) in [5.74, 6) is 4.05. The van der Waals surface area contributed by atoms with Crippen molar-refractivity contribution in [1.82, 2.24) is 5.32 Å². The zero-order valence-corrected chi connectivity index (χ0v) is 11.0. The zero-order valence-electron chi connectivity index (χ0n) is 10.3. The van der Waals surface area contributed by atoms with Crippen LogP contribution in [0.1, 0.15) is 17.3 Å². The van der Waals surface area contributed by atoms with Crippen LogP contribution in [0.15, 0.2) is 18.2 Å². The van der Waals surface area contributed by atoms with Crippen LogP contribution in [0.4, 0.5) is 5.69 Å². The summed E-state index contributed by atoms with van der Waals surface area (Å²) >= 11 is 5.88. The minimum Gasteiger partial charge on any atom is -0.478 e. The summed E-state index contributed by atoms with van der Waals surface area (Å²) in [6.07, 6.45) is 0. The van der Waals surface area contributed by atoms with Gasteiger partial charge in [0.25, 0.3) is 0 Å². The van der Waals surface area contributed by atoms with E-state index in [2.05, 4.69) is 22.5 Å². The van der Waals surface area contributed by atoms with Crippen molar-refractivity contribution in [3.8, 4) is 11.8 Å². The molecule has 0 aliphatic carbocycles. The molecule has 5 nitrogen and oxygen atoms in total. The van der Waals surface area contributed by atoms with Crippen LogP contribution in [-0.4, -0.2) is 30.1 Å². The summed E-state index contributed by atoms with van der Waals surface area (Å²) in [5, 5.41) is 14.5. The summed E-state index contributed by atoms with van der Waals surface area (Å²) in [5.41, 5.74) is 0.333. The SMILES string of the molecule is CC#CCNCC(=O)Nc1cc(C(=O)O)ccc1Cl. The van der Waals surface area contributed by atoms with Crippen molar-refractivity contribution < 1.29 is 14.7 Å². The van der Waals surface area contributed by atoms with Crippen molar-refractivity contribution in [3.05, 3.63) is 28.8 Å². The quantitative estimate of drug-likeness (QED) is 0.565. The Morgan fingerprint density at radius 1 is 1.42 bits per heavy atom. The van der Waals surface area contributed by atoms with Crippen molar-refractivity contribution in [2.45, 2.75) is 6.92 Å². The van der Waals surface area contributed by atoms with Gasteiger partial charge in [-0.15, -0.1) is 5.92 Å². The summed E-state index contributed by atoms with van der Waals surface area (Å²) in [6.45, 7) is 2.19. The molecule has 0 aromatic heterocycles. The predicted molar refractivity (Wildman–Crippen MR) is 73.4 cm³/mol. The highest BCUT2D eigenvalue weighted by Crippen LogP contribution is 2.22. The summed E-state index contributed by atoms with van der Waals surface area (Å²) in [7, 11) is 0. The molecule has 3 N–H and O–H groups in total. The van der Waals surface area contributed by atoms with E-state index >= 15 is 0 Å². The number of anilines is 1. The molecule has 0 spiro atoms. The van der Waals surface area contributed by atoms with Gasteiger partial charge in [0.2, 0.25) is 5.91 Å². The number of hydrogen-bond acceptors (Lipinski definition) is 3. The molecule has 1 aromatic carbocycles. The first-order valence-corrected chi connectivity index (χ1v) is 5.85. The first-order valence-electron chi connectivity index (χ1n) is 5.47. The van der Waals surface area contributed by atoms with Crippen LogP contribution in [0, 0.1) is 11.8 Å². The Morgan fingerprint density at radius 3 is 2.79 bits per heavy atom. The predicted octanol–water partition coefficient (Wildman–Crippen LogP) is 1.59. The standard InChI is InChI=1S/C13H13ClN2O3/c1-2-3-6-15-8-12(17)16-11-7-9(13(18)19)4-5-10(11)14/h4-5,7,15H,6,8H2,1H3,(H,16,17)(H,18,19). The van der Waals surface area contributed by atoms with Crippen molar-refractivity contribution in [2.75, 3.05) is 18.4 Å². The number of halogens is 1. The van der Waals surface area contributed by atoms with Gasteiger partial charge in [-0.05, 0) is 25.1 Å². The Kier molecular flexibility index (Phi) is 5.86. The maximum Gasteiger partial charge on any atom is 0.335 e. The number of rotatable bonds is 5. The fraction of sp³-hybridized carbons (Fsp3) is 0.231. The van der Waals surface area contributed by atoms with Crippen LogP contribution in [-0.2, 0) is 4.79 Å². The number of carbonyl (C=O) groups excluding carboxylic acids is 1. The molecular weight excluding hydrogens is 268 g/mol. The van der Waals surface area contributed by atoms with Gasteiger partial charge in [-0.1, -0.05) is 17.5 Å². The van der Waals surface area contributed by atoms with E-state index in [9.17, 15) is 9.59 Å². The van der Waals surface area contributed by atoms with Gasteiger partial charge >= 0.3 is 5.97 Å². The second kappa shape index (κ2) is 7.41. The summed E-state index contributed by atoms with van der Waals surface area (Å²) in [6, 6.07) is 4.11. The van der Waals surface area contributed by atoms with Crippen molar-refractivity contribution in [1.29, 1.82) is 0 Å². The van der Waals surface area contributed by atoms with Gasteiger partial charge in [0.15, 0.2) is 0 Å². The number of hydrogen-bond donors (Lipinski definition) is 3. The molecule has 0 unspecified atom stereocenters. The highest BCUT2D eigenvalue weighted by Gasteiger charge is 2.09. The van der Waals surface area contributed by atoms with Crippen molar-refractivity contribution in [2.24, 2.45) is 0 Å². The van der Waals surface area contributed by atoms with E-state index in [0.717, 1.165) is 0 Å². The Morgan fingerprint density at radius 2 is 2.16 bits per heavy atom. The van der Waals surface area contributed by atoms with Crippen molar-refractivity contribution >= 4 is 29.2 Å². The molecule has 1 amide bonds. The zero-order chi connectivity index (χ0) is 14.3. The molecule has 0 heterocycles. The lowest BCUT2D eigenvalue weighted by Crippen LogP contribution is -2.28. The Hall–Kier alpha value is -2.03. The molecule has 100 valence electrons. The number of aromatic carboxylic acids is 1. The van der Waals surface area contributed by atoms with Crippen LogP contribution >= 0.6 is 11.6 Å². The molecule has 0 radical (unpaired) electrons. The molecule has 0 saturated heterocycles. The second-order valence-electron chi connectivity index (χ2n) is 3.58. The first-order chi connectivity index (χ1) is 9.04. The van der Waals surface area contributed by atoms with Gasteiger partial charge in [0.1, 0.15) is 0 Å². The van der Waals surface area contributed by atoms with Gasteiger partial charge in [-0.3, -0.25) is 10.1 Å². The highest BCUT2D eigenvalue weighted by molar-refractivity contribution is 6.33. The van der Waals surface area contributed by atoms with E-state index in [1.54, 1.807) is 6.92 Å². The molecule has 1 aromatic rings. The third-order valence-electron chi connectivity index (χ3n) is 2.16. The van der Waals surface area contributed by atoms with Gasteiger partial charge in [-0.2, -0.15) is 0 Å². The molecule has 0 fully saturated rings. The normalized spacial score (nSPS) is 9.37. The average molecular weight is 281 g/mol. The van der Waals surface area contributed by atoms with Crippen LogP contribution in [0.2, 0.25) is 5.02 Å². The van der Waals surface area contributed by atoms with Crippen LogP contribution in [0.25, 0.3) is 0 Å². The molecule has 0 atom stereocenters. The monoisotopic (exact) mass is 280 g/mol. The maximum absolute atomic E-state index is 11.6. The molecule has 0 aliphatic heterocycles. The van der Waals surface area contributed by atoms with Gasteiger partial charge < -0.3 is 10.4 Å². The summed E-state index contributed by atoms with van der Waals surface area (Å²) < 4.78 is 0. The van der Waals surface area contributed by atoms with Crippen molar-refractivity contribution in [3.63, 3.8) is 0 Å².